The Kier molecular flexibility index (Phi) is 4.81. The van der Waals surface area contributed by atoms with Crippen molar-refractivity contribution in [3.05, 3.63) is 35.4 Å². The number of nitrogens with zero attached hydrogens (tertiary/aromatic N) is 1. The topological polar surface area (TPSA) is 46.3 Å². The number of hydrogen-bond donors (Lipinski definition) is 1. The van der Waals surface area contributed by atoms with Gasteiger partial charge in [0.05, 0.1) is 0 Å². The Hall–Kier alpha value is -1.35. The van der Waals surface area contributed by atoms with E-state index < -0.39 is 0 Å². The van der Waals surface area contributed by atoms with Gasteiger partial charge in [-0.05, 0) is 49.3 Å². The Balaban J connectivity index is 2.02. The van der Waals surface area contributed by atoms with Crippen LogP contribution in [0.4, 0.5) is 0 Å². The molecule has 0 heterocycles. The first-order chi connectivity index (χ1) is 9.49. The molecule has 1 fully saturated rings. The lowest BCUT2D eigenvalue weighted by Crippen LogP contribution is -2.41. The second-order valence-electron chi connectivity index (χ2n) is 6.26. The number of rotatable bonds is 3. The summed E-state index contributed by atoms with van der Waals surface area (Å²) in [5.74, 6) is 0.623. The number of benzene rings is 1. The predicted molar refractivity (Wildman–Crippen MR) is 82.9 cm³/mol. The van der Waals surface area contributed by atoms with Crippen molar-refractivity contribution in [2.24, 2.45) is 5.73 Å². The van der Waals surface area contributed by atoms with E-state index in [-0.39, 0.29) is 5.91 Å². The quantitative estimate of drug-likeness (QED) is 0.920. The molecule has 3 heteroatoms. The van der Waals surface area contributed by atoms with Crippen LogP contribution in [0.15, 0.2) is 24.3 Å². The Morgan fingerprint density at radius 2 is 1.70 bits per heavy atom. The maximum atomic E-state index is 12.5. The molecule has 20 heavy (non-hydrogen) atoms. The van der Waals surface area contributed by atoms with E-state index in [0.29, 0.717) is 18.0 Å². The molecule has 0 radical (unpaired) electrons. The molecule has 1 aromatic rings. The zero-order valence-electron chi connectivity index (χ0n) is 12.8. The Morgan fingerprint density at radius 1 is 1.15 bits per heavy atom. The molecule has 0 unspecified atom stereocenters. The molecule has 0 saturated heterocycles. The minimum absolute atomic E-state index is 0.126. The van der Waals surface area contributed by atoms with Crippen LogP contribution < -0.4 is 5.73 Å². The van der Waals surface area contributed by atoms with Gasteiger partial charge in [-0.2, -0.15) is 0 Å². The molecule has 110 valence electrons. The van der Waals surface area contributed by atoms with Crippen LogP contribution in [0.3, 0.4) is 0 Å². The van der Waals surface area contributed by atoms with Gasteiger partial charge < -0.3 is 10.6 Å². The molecule has 2 N–H and O–H groups in total. The van der Waals surface area contributed by atoms with Gasteiger partial charge >= 0.3 is 0 Å². The molecule has 3 nitrogen and oxygen atoms in total. The Bertz CT molecular complexity index is 445. The fourth-order valence-corrected chi connectivity index (χ4v) is 2.87. The van der Waals surface area contributed by atoms with Crippen molar-refractivity contribution in [1.29, 1.82) is 0 Å². The van der Waals surface area contributed by atoms with Crippen molar-refractivity contribution in [3.8, 4) is 0 Å². The van der Waals surface area contributed by atoms with Crippen molar-refractivity contribution < 1.29 is 4.79 Å². The molecule has 0 aromatic heterocycles. The van der Waals surface area contributed by atoms with Gasteiger partial charge in [0.25, 0.3) is 5.91 Å². The maximum Gasteiger partial charge on any atom is 0.253 e. The van der Waals surface area contributed by atoms with Crippen molar-refractivity contribution in [2.45, 2.75) is 57.5 Å². The van der Waals surface area contributed by atoms with Gasteiger partial charge in [-0.1, -0.05) is 26.0 Å². The van der Waals surface area contributed by atoms with Crippen LogP contribution in [0, 0.1) is 0 Å². The highest BCUT2D eigenvalue weighted by Gasteiger charge is 2.25. The van der Waals surface area contributed by atoms with Crippen LogP contribution in [-0.4, -0.2) is 29.9 Å². The summed E-state index contributed by atoms with van der Waals surface area (Å²) in [6.45, 7) is 4.32. The SMILES string of the molecule is CC(C)c1ccc(C(=O)N(C)C2CCC(N)CC2)cc1. The van der Waals surface area contributed by atoms with Gasteiger partial charge in [0.15, 0.2) is 0 Å². The van der Waals surface area contributed by atoms with Crippen molar-refractivity contribution in [2.75, 3.05) is 7.05 Å². The lowest BCUT2D eigenvalue weighted by atomic mass is 9.90. The van der Waals surface area contributed by atoms with Gasteiger partial charge in [-0.3, -0.25) is 4.79 Å². The van der Waals surface area contributed by atoms with Crippen LogP contribution >= 0.6 is 0 Å². The normalized spacial score (nSPS) is 22.9. The smallest absolute Gasteiger partial charge is 0.253 e. The third-order valence-electron chi connectivity index (χ3n) is 4.43. The third-order valence-corrected chi connectivity index (χ3v) is 4.43. The Morgan fingerprint density at radius 3 is 2.20 bits per heavy atom. The average molecular weight is 274 g/mol. The van der Waals surface area contributed by atoms with Gasteiger partial charge in [0.2, 0.25) is 0 Å². The number of nitrogens with two attached hydrogens (primary N) is 1. The molecule has 1 aliphatic rings. The highest BCUT2D eigenvalue weighted by Crippen LogP contribution is 2.23. The van der Waals surface area contributed by atoms with Crippen LogP contribution in [0.1, 0.15) is 61.4 Å². The molecule has 1 aromatic carbocycles. The first-order valence-electron chi connectivity index (χ1n) is 7.61. The summed E-state index contributed by atoms with van der Waals surface area (Å²) in [5.41, 5.74) is 7.98. The van der Waals surface area contributed by atoms with Gasteiger partial charge in [0.1, 0.15) is 0 Å². The first kappa shape index (κ1) is 15.0. The molecule has 0 aliphatic heterocycles. The number of amides is 1. The summed E-state index contributed by atoms with van der Waals surface area (Å²) in [6, 6.07) is 8.67. The van der Waals surface area contributed by atoms with E-state index >= 15 is 0 Å². The molecule has 0 bridgehead atoms. The second kappa shape index (κ2) is 6.40. The maximum absolute atomic E-state index is 12.5. The predicted octanol–water partition coefficient (Wildman–Crippen LogP) is 3.15. The van der Waals surface area contributed by atoms with E-state index in [4.69, 9.17) is 5.73 Å². The van der Waals surface area contributed by atoms with Crippen LogP contribution in [0.5, 0.6) is 0 Å². The molecule has 0 spiro atoms. The zero-order valence-corrected chi connectivity index (χ0v) is 12.8. The van der Waals surface area contributed by atoms with E-state index in [1.54, 1.807) is 0 Å². The monoisotopic (exact) mass is 274 g/mol. The summed E-state index contributed by atoms with van der Waals surface area (Å²) < 4.78 is 0. The summed E-state index contributed by atoms with van der Waals surface area (Å²) in [7, 11) is 1.92. The van der Waals surface area contributed by atoms with Gasteiger partial charge in [-0.15, -0.1) is 0 Å². The summed E-state index contributed by atoms with van der Waals surface area (Å²) in [4.78, 5) is 14.4. The third kappa shape index (κ3) is 3.40. The highest BCUT2D eigenvalue weighted by molar-refractivity contribution is 5.94. The lowest BCUT2D eigenvalue weighted by molar-refractivity contribution is 0.0690. The minimum atomic E-state index is 0.126. The summed E-state index contributed by atoms with van der Waals surface area (Å²) in [5, 5.41) is 0. The lowest BCUT2D eigenvalue weighted by Gasteiger charge is -2.33. The van der Waals surface area contributed by atoms with Crippen molar-refractivity contribution in [3.63, 3.8) is 0 Å². The molecule has 1 amide bonds. The van der Waals surface area contributed by atoms with E-state index in [1.807, 2.05) is 24.1 Å². The fraction of sp³-hybridized carbons (Fsp3) is 0.588. The summed E-state index contributed by atoms with van der Waals surface area (Å²) >= 11 is 0. The van der Waals surface area contributed by atoms with Crippen LogP contribution in [-0.2, 0) is 0 Å². The number of carbonyl (C=O) groups is 1. The molecule has 1 saturated carbocycles. The average Bonchev–Trinajstić information content (AvgIpc) is 2.46. The van der Waals surface area contributed by atoms with Crippen molar-refractivity contribution >= 4 is 5.91 Å². The molecular weight excluding hydrogens is 248 g/mol. The molecule has 0 atom stereocenters. The molecule has 2 rings (SSSR count). The second-order valence-corrected chi connectivity index (χ2v) is 6.26. The van der Waals surface area contributed by atoms with E-state index in [1.165, 1.54) is 5.56 Å². The van der Waals surface area contributed by atoms with E-state index in [2.05, 4.69) is 26.0 Å². The van der Waals surface area contributed by atoms with Crippen molar-refractivity contribution in [1.82, 2.24) is 4.90 Å². The van der Waals surface area contributed by atoms with E-state index in [9.17, 15) is 4.79 Å². The van der Waals surface area contributed by atoms with Crippen LogP contribution in [0.2, 0.25) is 0 Å². The number of hydrogen-bond acceptors (Lipinski definition) is 2. The fourth-order valence-electron chi connectivity index (χ4n) is 2.87. The zero-order chi connectivity index (χ0) is 14.7. The standard InChI is InChI=1S/C17H26N2O/c1-12(2)13-4-6-14(7-5-13)17(20)19(3)16-10-8-15(18)9-11-16/h4-7,12,15-16H,8-11,18H2,1-3H3. The van der Waals surface area contributed by atoms with Gasteiger partial charge in [0, 0.05) is 24.7 Å². The van der Waals surface area contributed by atoms with E-state index in [0.717, 1.165) is 31.2 Å². The Labute approximate surface area is 122 Å². The largest absolute Gasteiger partial charge is 0.339 e. The summed E-state index contributed by atoms with van der Waals surface area (Å²) in [6.07, 6.45) is 4.09. The number of carbonyl (C=O) groups excluding carboxylic acids is 1. The molecule has 1 aliphatic carbocycles. The first-order valence-corrected chi connectivity index (χ1v) is 7.61. The molecular formula is C17H26N2O. The van der Waals surface area contributed by atoms with Crippen LogP contribution in [0.25, 0.3) is 0 Å². The minimum Gasteiger partial charge on any atom is -0.339 e. The van der Waals surface area contributed by atoms with Gasteiger partial charge in [-0.25, -0.2) is 0 Å². The highest BCUT2D eigenvalue weighted by atomic mass is 16.2.